The standard InChI is InChI=1S/C60H35N5/c1-2-16-38(17-3-1)63-51-26-11-9-22-43(51)47-33-37(30-32-54(47)63)57-60(62-58-39-18-5-4-15-36(39)29-31-50(58)61-57)65-53-28-13-10-23-44(53)48-34-55-49(35-56(48)65)46-25-14-24-45-41-20-7-6-19-40(41)42-21-8-12-27-52(42)64(55)59(45)46/h1-35H. The van der Waals surface area contributed by atoms with Crippen molar-refractivity contribution in [1.82, 2.24) is 23.7 Å². The van der Waals surface area contributed by atoms with Crippen LogP contribution in [0.5, 0.6) is 0 Å². The number of fused-ring (bicyclic) bond motifs is 17. The minimum atomic E-state index is 0.801. The molecular weight excluding hydrogens is 791 g/mol. The van der Waals surface area contributed by atoms with Crippen molar-refractivity contribution >= 4 is 87.2 Å². The van der Waals surface area contributed by atoms with Crippen LogP contribution in [0, 0.1) is 0 Å². The molecule has 15 rings (SSSR count). The zero-order valence-electron chi connectivity index (χ0n) is 34.9. The first kappa shape index (κ1) is 34.7. The van der Waals surface area contributed by atoms with E-state index in [0.717, 1.165) is 61.1 Å². The highest BCUT2D eigenvalue weighted by Crippen LogP contribution is 2.48. The van der Waals surface area contributed by atoms with Crippen molar-refractivity contribution in [2.45, 2.75) is 0 Å². The molecule has 14 aromatic rings. The second kappa shape index (κ2) is 12.9. The van der Waals surface area contributed by atoms with Crippen LogP contribution in [-0.2, 0) is 0 Å². The van der Waals surface area contributed by atoms with Crippen LogP contribution < -0.4 is 0 Å². The number of hydrogen-bond donors (Lipinski definition) is 0. The quantitative estimate of drug-likeness (QED) is 0.167. The van der Waals surface area contributed by atoms with Gasteiger partial charge in [-0.1, -0.05) is 152 Å². The van der Waals surface area contributed by atoms with Crippen LogP contribution in [0.3, 0.4) is 0 Å². The molecule has 10 aromatic carbocycles. The molecule has 0 unspecified atom stereocenters. The summed E-state index contributed by atoms with van der Waals surface area (Å²) in [5.41, 5.74) is 17.8. The van der Waals surface area contributed by atoms with Gasteiger partial charge >= 0.3 is 0 Å². The highest BCUT2D eigenvalue weighted by molar-refractivity contribution is 6.22. The van der Waals surface area contributed by atoms with Crippen LogP contribution in [0.1, 0.15) is 0 Å². The Bertz CT molecular complexity index is 4360. The topological polar surface area (TPSA) is 40.6 Å². The van der Waals surface area contributed by atoms with E-state index in [9.17, 15) is 0 Å². The van der Waals surface area contributed by atoms with Crippen LogP contribution in [0.4, 0.5) is 0 Å². The van der Waals surface area contributed by atoms with Gasteiger partial charge in [-0.15, -0.1) is 0 Å². The predicted molar refractivity (Wildman–Crippen MR) is 270 cm³/mol. The molecule has 0 atom stereocenters. The Morgan fingerprint density at radius 2 is 0.908 bits per heavy atom. The van der Waals surface area contributed by atoms with Crippen molar-refractivity contribution < 1.29 is 0 Å². The van der Waals surface area contributed by atoms with Crippen molar-refractivity contribution in [3.63, 3.8) is 0 Å². The summed E-state index contributed by atoms with van der Waals surface area (Å²) in [6.07, 6.45) is 0. The molecule has 5 nitrogen and oxygen atoms in total. The normalized spacial score (nSPS) is 12.3. The molecule has 0 fully saturated rings. The largest absolute Gasteiger partial charge is 0.309 e. The summed E-state index contributed by atoms with van der Waals surface area (Å²) in [4.78, 5) is 11.4. The van der Waals surface area contributed by atoms with E-state index < -0.39 is 0 Å². The van der Waals surface area contributed by atoms with Gasteiger partial charge in [-0.05, 0) is 77.2 Å². The number of benzene rings is 10. The van der Waals surface area contributed by atoms with Gasteiger partial charge in [0.15, 0.2) is 5.82 Å². The van der Waals surface area contributed by atoms with E-state index in [-0.39, 0.29) is 0 Å². The second-order valence-electron chi connectivity index (χ2n) is 17.3. The maximum absolute atomic E-state index is 5.76. The molecule has 1 aliphatic rings. The Morgan fingerprint density at radius 3 is 1.72 bits per heavy atom. The SMILES string of the molecule is c1ccc(-n2c3ccccc3c3cc(-c4nc5ccc6ccccc6c5nc4-n4c5ccccc5c5cc6c(cc54)c4cccc5c4n6-c4ccccc4-c4ccccc4-5)ccc32)cc1. The van der Waals surface area contributed by atoms with E-state index in [4.69, 9.17) is 9.97 Å². The maximum atomic E-state index is 5.76. The van der Waals surface area contributed by atoms with Crippen LogP contribution in [0.25, 0.3) is 138 Å². The number of para-hydroxylation sites is 5. The zero-order valence-corrected chi connectivity index (χ0v) is 34.9. The van der Waals surface area contributed by atoms with E-state index in [2.05, 4.69) is 226 Å². The number of hydrogen-bond acceptors (Lipinski definition) is 2. The molecule has 0 amide bonds. The van der Waals surface area contributed by atoms with E-state index in [1.807, 2.05) is 0 Å². The van der Waals surface area contributed by atoms with Crippen LogP contribution in [0.15, 0.2) is 212 Å². The van der Waals surface area contributed by atoms with Gasteiger partial charge < -0.3 is 9.13 Å². The van der Waals surface area contributed by atoms with Gasteiger partial charge in [0.05, 0.1) is 49.8 Å². The molecule has 5 heteroatoms. The monoisotopic (exact) mass is 825 g/mol. The molecule has 0 N–H and O–H groups in total. The van der Waals surface area contributed by atoms with Crippen LogP contribution >= 0.6 is 0 Å². The summed E-state index contributed by atoms with van der Waals surface area (Å²) in [6.45, 7) is 0. The number of aromatic nitrogens is 5. The molecule has 0 bridgehead atoms. The summed E-state index contributed by atoms with van der Waals surface area (Å²) < 4.78 is 7.26. The molecule has 0 saturated carbocycles. The van der Waals surface area contributed by atoms with E-state index >= 15 is 0 Å². The molecule has 300 valence electrons. The van der Waals surface area contributed by atoms with Crippen molar-refractivity contribution in [2.24, 2.45) is 0 Å². The molecule has 0 radical (unpaired) electrons. The fourth-order valence-electron chi connectivity index (χ4n) is 11.2. The van der Waals surface area contributed by atoms with Crippen molar-refractivity contribution in [1.29, 1.82) is 0 Å². The summed E-state index contributed by atoms with van der Waals surface area (Å²) >= 11 is 0. The minimum Gasteiger partial charge on any atom is -0.309 e. The van der Waals surface area contributed by atoms with Crippen LogP contribution in [-0.4, -0.2) is 23.7 Å². The fourth-order valence-corrected chi connectivity index (χ4v) is 11.2. The Kier molecular flexibility index (Phi) is 6.89. The van der Waals surface area contributed by atoms with Gasteiger partial charge in [0.1, 0.15) is 5.69 Å². The van der Waals surface area contributed by atoms with Gasteiger partial charge in [-0.2, -0.15) is 0 Å². The lowest BCUT2D eigenvalue weighted by molar-refractivity contribution is 1.08. The maximum Gasteiger partial charge on any atom is 0.165 e. The molecular formula is C60H35N5. The summed E-state index contributed by atoms with van der Waals surface area (Å²) in [6, 6.07) is 77.1. The van der Waals surface area contributed by atoms with Gasteiger partial charge in [-0.25, -0.2) is 9.97 Å². The average Bonchev–Trinajstić information content (AvgIpc) is 3.97. The van der Waals surface area contributed by atoms with Gasteiger partial charge in [0.25, 0.3) is 0 Å². The first-order valence-corrected chi connectivity index (χ1v) is 22.3. The Labute approximate surface area is 372 Å². The van der Waals surface area contributed by atoms with Gasteiger partial charge in [0, 0.05) is 60.1 Å². The van der Waals surface area contributed by atoms with Crippen molar-refractivity contribution in [3.05, 3.63) is 212 Å². The second-order valence-corrected chi connectivity index (χ2v) is 17.3. The van der Waals surface area contributed by atoms with Crippen LogP contribution in [0.2, 0.25) is 0 Å². The fraction of sp³-hybridized carbons (Fsp3) is 0. The lowest BCUT2D eigenvalue weighted by Gasteiger charge is -2.15. The van der Waals surface area contributed by atoms with Gasteiger partial charge in [-0.3, -0.25) is 4.57 Å². The highest BCUT2D eigenvalue weighted by Gasteiger charge is 2.27. The third-order valence-corrected chi connectivity index (χ3v) is 13.9. The molecule has 0 saturated heterocycles. The lowest BCUT2D eigenvalue weighted by atomic mass is 9.94. The third-order valence-electron chi connectivity index (χ3n) is 13.9. The average molecular weight is 826 g/mol. The van der Waals surface area contributed by atoms with Crippen molar-refractivity contribution in [2.75, 3.05) is 0 Å². The third kappa shape index (κ3) is 4.71. The lowest BCUT2D eigenvalue weighted by Crippen LogP contribution is -2.04. The summed E-state index contributed by atoms with van der Waals surface area (Å²) in [5.74, 6) is 0.801. The van der Waals surface area contributed by atoms with Gasteiger partial charge in [0.2, 0.25) is 0 Å². The summed E-state index contributed by atoms with van der Waals surface area (Å²) in [7, 11) is 0. The van der Waals surface area contributed by atoms with Crippen molar-refractivity contribution in [3.8, 4) is 50.7 Å². The van der Waals surface area contributed by atoms with E-state index in [0.29, 0.717) is 0 Å². The molecule has 4 aromatic heterocycles. The molecule has 65 heavy (non-hydrogen) atoms. The predicted octanol–water partition coefficient (Wildman–Crippen LogP) is 15.4. The first-order valence-electron chi connectivity index (χ1n) is 22.3. The summed E-state index contributed by atoms with van der Waals surface area (Å²) in [5, 5.41) is 9.34. The van der Waals surface area contributed by atoms with E-state index in [1.54, 1.807) is 0 Å². The van der Waals surface area contributed by atoms with E-state index in [1.165, 1.54) is 76.8 Å². The Balaban J connectivity index is 1.07. The zero-order chi connectivity index (χ0) is 42.3. The smallest absolute Gasteiger partial charge is 0.165 e. The number of rotatable bonds is 3. The molecule has 0 aliphatic carbocycles. The minimum absolute atomic E-state index is 0.801. The number of nitrogens with zero attached hydrogens (tertiary/aromatic N) is 5. The first-order chi connectivity index (χ1) is 32.3. The molecule has 5 heterocycles. The Hall–Kier alpha value is -8.80. The molecule has 1 aliphatic heterocycles. The highest BCUT2D eigenvalue weighted by atomic mass is 15.1. The molecule has 0 spiro atoms. The Morgan fingerprint density at radius 1 is 0.323 bits per heavy atom.